The molecule has 12 aromatic heterocycles. The minimum atomic E-state index is -4.54. The van der Waals surface area contributed by atoms with Crippen LogP contribution in [0.15, 0.2) is 183 Å². The summed E-state index contributed by atoms with van der Waals surface area (Å²) in [7, 11) is 0. The fraction of sp³-hybridized carbons (Fsp3) is 0.208. The van der Waals surface area contributed by atoms with Crippen molar-refractivity contribution in [2.45, 2.75) is 98.9 Å². The van der Waals surface area contributed by atoms with Crippen LogP contribution in [0.1, 0.15) is 102 Å². The number of rotatable bonds is 9. The fourth-order valence-corrected chi connectivity index (χ4v) is 9.69. The van der Waals surface area contributed by atoms with E-state index in [4.69, 9.17) is 0 Å². The molecule has 12 heterocycles. The Balaban J connectivity index is 0.000000206. The van der Waals surface area contributed by atoms with Gasteiger partial charge in [-0.3, -0.25) is 35.0 Å². The average molecular weight is 2000 g/mol. The maximum Gasteiger partial charge on any atom is 2.00 e. The summed E-state index contributed by atoms with van der Waals surface area (Å²) in [6.45, 7) is 17.7. The standard InChI is InChI=1S/C25H23F3N3.3C10H7F3N3.C9H8N3.C8H7N4.3Pt/c1-14(2)16-10-7-11-17(15(3)4)23(16)20-13-29-24(19-9-6-5-8-18(19)20)21-12-22(31-30-21)25(26,27)28;1-6-4-9(16-15-6)8-5-7(2-3-14-8)10(11,12)13;2*1-6-2-3-14-7(4-6)8-5-9(16-15-8)10(11,12)13;1-7-6-9(12-11-7)8-4-2-3-5-10-8;1-6-10-8(12-11-6)7-4-2-3-5-9-7;;;/h5-15H,1-4H3;3*2-5H,1H3;2-6H,1H3;2-5H,1H3;;;/q6*-1;3*+2. The van der Waals surface area contributed by atoms with Crippen LogP contribution < -0.4 is 30.6 Å². The second-order valence-corrected chi connectivity index (χ2v) is 23.2. The Morgan fingerprint density at radius 2 is 0.745 bits per heavy atom. The fourth-order valence-electron chi connectivity index (χ4n) is 9.69. The molecule has 34 heteroatoms. The molecule has 0 aliphatic rings. The van der Waals surface area contributed by atoms with E-state index in [-0.39, 0.29) is 86.0 Å². The summed E-state index contributed by atoms with van der Waals surface area (Å²) >= 11 is 0. The Kier molecular flexibility index (Phi) is 29.9. The number of alkyl halides is 12. The first-order chi connectivity index (χ1) is 48.8. The van der Waals surface area contributed by atoms with Gasteiger partial charge in [-0.2, -0.15) is 52.7 Å². The molecule has 0 unspecified atom stereocenters. The number of fused-ring (bicyclic) bond motifs is 1. The number of pyridine rings is 6. The van der Waals surface area contributed by atoms with Gasteiger partial charge in [0.25, 0.3) is 0 Å². The van der Waals surface area contributed by atoms with Gasteiger partial charge in [-0.15, -0.1) is 0 Å². The smallest absolute Gasteiger partial charge is 0.574 e. The molecule has 0 spiro atoms. The van der Waals surface area contributed by atoms with E-state index in [1.54, 1.807) is 62.8 Å². The van der Waals surface area contributed by atoms with Gasteiger partial charge in [-0.05, 0) is 164 Å². The molecule has 14 rings (SSSR count). The molecule has 19 nitrogen and oxygen atoms in total. The third-order valence-electron chi connectivity index (χ3n) is 14.6. The summed E-state index contributed by atoms with van der Waals surface area (Å²) in [6.07, 6.45) is -8.46. The number of nitrogens with zero attached hydrogens (tertiary/aromatic N) is 19. The van der Waals surface area contributed by atoms with Crippen LogP contribution in [0.25, 0.3) is 90.4 Å². The van der Waals surface area contributed by atoms with Crippen LogP contribution in [-0.4, -0.2) is 65.5 Å². The summed E-state index contributed by atoms with van der Waals surface area (Å²) < 4.78 is 150. The number of aromatic nitrogens is 19. The van der Waals surface area contributed by atoms with E-state index >= 15 is 0 Å². The first-order valence-electron chi connectivity index (χ1n) is 31.0. The first-order valence-corrected chi connectivity index (χ1v) is 31.0. The van der Waals surface area contributed by atoms with E-state index in [0.29, 0.717) is 52.0 Å². The molecule has 0 atom stereocenters. The van der Waals surface area contributed by atoms with Crippen LogP contribution in [0.5, 0.6) is 0 Å². The molecule has 0 saturated carbocycles. The normalized spacial score (nSPS) is 11.2. The third-order valence-corrected chi connectivity index (χ3v) is 14.6. The van der Waals surface area contributed by atoms with Crippen molar-refractivity contribution in [2.75, 3.05) is 0 Å². The summed E-state index contributed by atoms with van der Waals surface area (Å²) in [5.74, 6) is 1.88. The van der Waals surface area contributed by atoms with Gasteiger partial charge < -0.3 is 61.1 Å². The Morgan fingerprint density at radius 1 is 0.340 bits per heavy atom. The van der Waals surface area contributed by atoms with E-state index in [0.717, 1.165) is 92.3 Å². The van der Waals surface area contributed by atoms with E-state index in [1.165, 1.54) is 23.5 Å². The van der Waals surface area contributed by atoms with E-state index in [9.17, 15) is 52.7 Å². The van der Waals surface area contributed by atoms with Crippen molar-refractivity contribution in [3.05, 3.63) is 245 Å². The summed E-state index contributed by atoms with van der Waals surface area (Å²) in [5.41, 5.74) is 8.78. The van der Waals surface area contributed by atoms with E-state index in [2.05, 4.69) is 142 Å². The van der Waals surface area contributed by atoms with Crippen molar-refractivity contribution >= 4 is 10.8 Å². The Hall–Kier alpha value is -9.99. The van der Waals surface area contributed by atoms with Gasteiger partial charge in [0, 0.05) is 88.1 Å². The van der Waals surface area contributed by atoms with Crippen LogP contribution in [0.3, 0.4) is 0 Å². The predicted molar refractivity (Wildman–Crippen MR) is 357 cm³/mol. The Bertz CT molecular complexity index is 4870. The van der Waals surface area contributed by atoms with Gasteiger partial charge in [-0.1, -0.05) is 123 Å². The van der Waals surface area contributed by atoms with Crippen molar-refractivity contribution in [3.8, 4) is 79.6 Å². The molecule has 0 N–H and O–H groups in total. The summed E-state index contributed by atoms with van der Waals surface area (Å²) in [5, 5.41) is 44.8. The number of aryl methyl sites for hydroxylation is 5. The zero-order valence-electron chi connectivity index (χ0n) is 57.0. The molecule has 0 bridgehead atoms. The molecule has 2 aromatic carbocycles. The molecule has 0 saturated heterocycles. The molecule has 0 fully saturated rings. The van der Waals surface area contributed by atoms with Crippen LogP contribution >= 0.6 is 0 Å². The maximum absolute atomic E-state index is 13.0. The van der Waals surface area contributed by atoms with Gasteiger partial charge in [0.15, 0.2) is 0 Å². The Labute approximate surface area is 641 Å². The van der Waals surface area contributed by atoms with Crippen molar-refractivity contribution in [2.24, 2.45) is 0 Å². The molecule has 0 amide bonds. The van der Waals surface area contributed by atoms with Crippen LogP contribution in [0.4, 0.5) is 52.7 Å². The molecular formula is C72H59F12N19Pt3. The quantitative estimate of drug-likeness (QED) is 0.122. The minimum absolute atomic E-state index is 0. The molecule has 106 heavy (non-hydrogen) atoms. The number of hydrogen-bond donors (Lipinski definition) is 0. The van der Waals surface area contributed by atoms with Crippen LogP contribution in [-0.2, 0) is 87.9 Å². The molecule has 14 aromatic rings. The zero-order chi connectivity index (χ0) is 74.4. The molecule has 0 aliphatic heterocycles. The van der Waals surface area contributed by atoms with E-state index < -0.39 is 47.4 Å². The van der Waals surface area contributed by atoms with Gasteiger partial charge in [0.2, 0.25) is 0 Å². The summed E-state index contributed by atoms with van der Waals surface area (Å²) in [4.78, 5) is 28.6. The van der Waals surface area contributed by atoms with Crippen molar-refractivity contribution < 1.29 is 116 Å². The first kappa shape index (κ1) is 84.9. The Morgan fingerprint density at radius 3 is 1.15 bits per heavy atom. The van der Waals surface area contributed by atoms with Gasteiger partial charge in [0.1, 0.15) is 17.1 Å². The molecule has 0 radical (unpaired) electrons. The van der Waals surface area contributed by atoms with Crippen molar-refractivity contribution in [1.82, 2.24) is 96.1 Å². The minimum Gasteiger partial charge on any atom is -0.574 e. The largest absolute Gasteiger partial charge is 2.00 e. The summed E-state index contributed by atoms with van der Waals surface area (Å²) in [6, 6.07) is 40.3. The van der Waals surface area contributed by atoms with Crippen molar-refractivity contribution in [1.29, 1.82) is 0 Å². The topological polar surface area (TPSA) is 252 Å². The van der Waals surface area contributed by atoms with Crippen molar-refractivity contribution in [3.63, 3.8) is 0 Å². The molecular weight excluding hydrogens is 1940 g/mol. The SMILES string of the molecule is CC(C)c1cccc(C(C)C)c1-c1cnc(-c2cc(C(F)(F)F)n[n-]2)c2ccccc12.Cc1cc(-c2cc(C(F)(F)F)ccn2)[n-]n1.Cc1cc(-c2ccccn2)[n-]n1.Cc1ccnc(-c2cc(C(F)(F)F)n[n-]2)c1.Cc1ccnc(-c2cc(C(F)(F)F)n[n-]2)c1.Cc1n[n-]c(-c2ccccn2)n1.[Pt+2].[Pt+2].[Pt+2]. The molecule has 556 valence electrons. The van der Waals surface area contributed by atoms with E-state index in [1.807, 2.05) is 87.5 Å². The predicted octanol–water partition coefficient (Wildman–Crippen LogP) is 16.7. The average Bonchev–Trinajstić information content (AvgIpc) is 1.13. The number of benzene rings is 2. The zero-order valence-corrected chi connectivity index (χ0v) is 63.8. The van der Waals surface area contributed by atoms with Gasteiger partial charge in [0.05, 0.1) is 17.0 Å². The third kappa shape index (κ3) is 23.0. The van der Waals surface area contributed by atoms with Gasteiger partial charge in [-0.25, -0.2) is 0 Å². The monoisotopic (exact) mass is 2000 g/mol. The second-order valence-electron chi connectivity index (χ2n) is 23.2. The van der Waals surface area contributed by atoms with Gasteiger partial charge >= 0.3 is 87.9 Å². The number of halogens is 12. The van der Waals surface area contributed by atoms with Crippen LogP contribution in [0, 0.1) is 34.6 Å². The maximum atomic E-state index is 13.0. The van der Waals surface area contributed by atoms with Crippen LogP contribution in [0.2, 0.25) is 0 Å². The molecule has 0 aliphatic carbocycles. The second kappa shape index (κ2) is 37.3. The number of hydrogen-bond acceptors (Lipinski definition) is 13.